The van der Waals surface area contributed by atoms with Gasteiger partial charge < -0.3 is 10.1 Å². The fourth-order valence-corrected chi connectivity index (χ4v) is 3.17. The van der Waals surface area contributed by atoms with Gasteiger partial charge in [-0.25, -0.2) is 9.48 Å². The standard InChI is InChI=1S/C23H23N3O4/c1-14-21(15(2)26(25-14)18-10-6-5-7-11-18)23(29)30-17(4)22(28)24-20-13-9-8-12-19(20)16(3)27/h5-13,17H,1-4H3,(H,24,28)/t17-/m0/s1. The molecule has 0 aliphatic carbocycles. The van der Waals surface area contributed by atoms with E-state index in [1.54, 1.807) is 42.8 Å². The van der Waals surface area contributed by atoms with E-state index in [2.05, 4.69) is 10.4 Å². The summed E-state index contributed by atoms with van der Waals surface area (Å²) < 4.78 is 7.06. The molecule has 1 amide bonds. The molecule has 0 aliphatic rings. The number of ketones is 1. The van der Waals surface area contributed by atoms with Crippen molar-refractivity contribution in [2.75, 3.05) is 5.32 Å². The molecule has 0 spiro atoms. The zero-order valence-electron chi connectivity index (χ0n) is 17.3. The Morgan fingerprint density at radius 3 is 2.30 bits per heavy atom. The number of para-hydroxylation sites is 2. The highest BCUT2D eigenvalue weighted by atomic mass is 16.5. The number of hydrogen-bond acceptors (Lipinski definition) is 5. The van der Waals surface area contributed by atoms with E-state index in [0.717, 1.165) is 5.69 Å². The number of benzene rings is 2. The quantitative estimate of drug-likeness (QED) is 0.497. The minimum atomic E-state index is -1.06. The Morgan fingerprint density at radius 1 is 1.00 bits per heavy atom. The van der Waals surface area contributed by atoms with E-state index in [4.69, 9.17) is 4.74 Å². The molecule has 1 atom stereocenters. The van der Waals surface area contributed by atoms with E-state index in [9.17, 15) is 14.4 Å². The third-order valence-electron chi connectivity index (χ3n) is 4.71. The summed E-state index contributed by atoms with van der Waals surface area (Å²) in [6.07, 6.45) is -1.06. The lowest BCUT2D eigenvalue weighted by atomic mass is 10.1. The fraction of sp³-hybridized carbons (Fsp3) is 0.217. The summed E-state index contributed by atoms with van der Waals surface area (Å²) in [4.78, 5) is 37.0. The van der Waals surface area contributed by atoms with Gasteiger partial charge in [0.2, 0.25) is 0 Å². The molecule has 0 saturated carbocycles. The number of Topliss-reactive ketones (excluding diaryl/α,β-unsaturated/α-hetero) is 1. The smallest absolute Gasteiger partial charge is 0.342 e. The lowest BCUT2D eigenvalue weighted by molar-refractivity contribution is -0.123. The van der Waals surface area contributed by atoms with Gasteiger partial charge in [-0.15, -0.1) is 0 Å². The zero-order chi connectivity index (χ0) is 21.8. The number of carbonyl (C=O) groups excluding carboxylic acids is 3. The zero-order valence-corrected chi connectivity index (χ0v) is 17.3. The molecule has 154 valence electrons. The van der Waals surface area contributed by atoms with Crippen molar-refractivity contribution in [3.8, 4) is 5.69 Å². The molecule has 0 saturated heterocycles. The van der Waals surface area contributed by atoms with Crippen LogP contribution in [0.5, 0.6) is 0 Å². The molecule has 3 rings (SSSR count). The largest absolute Gasteiger partial charge is 0.449 e. The molecule has 3 aromatic rings. The molecular weight excluding hydrogens is 382 g/mol. The van der Waals surface area contributed by atoms with E-state index < -0.39 is 18.0 Å². The summed E-state index contributed by atoms with van der Waals surface area (Å²) in [6.45, 7) is 6.40. The van der Waals surface area contributed by atoms with Crippen molar-refractivity contribution in [2.24, 2.45) is 0 Å². The van der Waals surface area contributed by atoms with Crippen molar-refractivity contribution in [2.45, 2.75) is 33.8 Å². The average Bonchev–Trinajstić information content (AvgIpc) is 3.02. The number of aromatic nitrogens is 2. The summed E-state index contributed by atoms with van der Waals surface area (Å²) >= 11 is 0. The number of carbonyl (C=O) groups is 3. The topological polar surface area (TPSA) is 90.3 Å². The Labute approximate surface area is 174 Å². The highest BCUT2D eigenvalue weighted by molar-refractivity contribution is 6.05. The van der Waals surface area contributed by atoms with Crippen molar-refractivity contribution in [1.29, 1.82) is 0 Å². The van der Waals surface area contributed by atoms with Gasteiger partial charge in [-0.05, 0) is 52.0 Å². The first-order valence-corrected chi connectivity index (χ1v) is 9.53. The van der Waals surface area contributed by atoms with E-state index in [-0.39, 0.29) is 5.78 Å². The molecule has 30 heavy (non-hydrogen) atoms. The average molecular weight is 405 g/mol. The van der Waals surface area contributed by atoms with E-state index in [1.165, 1.54) is 13.8 Å². The van der Waals surface area contributed by atoms with Crippen LogP contribution >= 0.6 is 0 Å². The first-order valence-electron chi connectivity index (χ1n) is 9.53. The number of hydrogen-bond donors (Lipinski definition) is 1. The van der Waals surface area contributed by atoms with E-state index in [1.807, 2.05) is 30.3 Å². The molecule has 0 fully saturated rings. The molecule has 1 heterocycles. The van der Waals surface area contributed by atoms with Crippen LogP contribution in [0, 0.1) is 13.8 Å². The minimum absolute atomic E-state index is 0.171. The molecule has 0 radical (unpaired) electrons. The maximum absolute atomic E-state index is 12.8. The van der Waals surface area contributed by atoms with Crippen molar-refractivity contribution in [3.05, 3.63) is 77.1 Å². The van der Waals surface area contributed by atoms with Gasteiger partial charge in [-0.2, -0.15) is 5.10 Å². The third-order valence-corrected chi connectivity index (χ3v) is 4.71. The Kier molecular flexibility index (Phi) is 6.11. The second kappa shape index (κ2) is 8.73. The van der Waals surface area contributed by atoms with Crippen LogP contribution in [0.25, 0.3) is 5.69 Å². The van der Waals surface area contributed by atoms with Crippen LogP contribution in [0.15, 0.2) is 54.6 Å². The normalized spacial score (nSPS) is 11.6. The molecule has 2 aromatic carbocycles. The maximum atomic E-state index is 12.8. The monoisotopic (exact) mass is 405 g/mol. The molecule has 1 N–H and O–H groups in total. The summed E-state index contributed by atoms with van der Waals surface area (Å²) in [5.41, 5.74) is 3.04. The molecule has 0 aliphatic heterocycles. The van der Waals surface area contributed by atoms with Gasteiger partial charge in [-0.1, -0.05) is 30.3 Å². The fourth-order valence-electron chi connectivity index (χ4n) is 3.17. The van der Waals surface area contributed by atoms with Crippen LogP contribution in [-0.2, 0) is 9.53 Å². The molecule has 7 heteroatoms. The highest BCUT2D eigenvalue weighted by Gasteiger charge is 2.25. The number of aryl methyl sites for hydroxylation is 1. The number of nitrogens with zero attached hydrogens (tertiary/aromatic N) is 2. The Hall–Kier alpha value is -3.74. The summed E-state index contributed by atoms with van der Waals surface area (Å²) in [5.74, 6) is -1.33. The van der Waals surface area contributed by atoms with Gasteiger partial charge in [-0.3, -0.25) is 9.59 Å². The number of rotatable bonds is 6. The molecular formula is C23H23N3O4. The van der Waals surface area contributed by atoms with Crippen molar-refractivity contribution in [1.82, 2.24) is 9.78 Å². The summed E-state index contributed by atoms with van der Waals surface area (Å²) in [6, 6.07) is 16.1. The van der Waals surface area contributed by atoms with Gasteiger partial charge in [0.25, 0.3) is 5.91 Å². The number of nitrogens with one attached hydrogen (secondary N) is 1. The van der Waals surface area contributed by atoms with Gasteiger partial charge in [0, 0.05) is 5.56 Å². The highest BCUT2D eigenvalue weighted by Crippen LogP contribution is 2.20. The van der Waals surface area contributed by atoms with Crippen LogP contribution in [0.4, 0.5) is 5.69 Å². The van der Waals surface area contributed by atoms with Crippen molar-refractivity contribution < 1.29 is 19.1 Å². The number of amides is 1. The summed E-state index contributed by atoms with van der Waals surface area (Å²) in [7, 11) is 0. The van der Waals surface area contributed by atoms with E-state index >= 15 is 0 Å². The van der Waals surface area contributed by atoms with Crippen LogP contribution in [0.3, 0.4) is 0 Å². The lowest BCUT2D eigenvalue weighted by Gasteiger charge is -2.15. The third kappa shape index (κ3) is 4.30. The van der Waals surface area contributed by atoms with Crippen LogP contribution < -0.4 is 5.32 Å². The van der Waals surface area contributed by atoms with Gasteiger partial charge >= 0.3 is 5.97 Å². The Morgan fingerprint density at radius 2 is 1.63 bits per heavy atom. The van der Waals surface area contributed by atoms with E-state index in [0.29, 0.717) is 28.2 Å². The SMILES string of the molecule is CC(=O)c1ccccc1NC(=O)[C@H](C)OC(=O)c1c(C)nn(-c2ccccc2)c1C. The van der Waals surface area contributed by atoms with Crippen LogP contribution in [0.1, 0.15) is 46.0 Å². The Balaban J connectivity index is 1.76. The predicted molar refractivity (Wildman–Crippen MR) is 113 cm³/mol. The second-order valence-electron chi connectivity index (χ2n) is 6.93. The number of esters is 1. The molecule has 0 bridgehead atoms. The molecule has 7 nitrogen and oxygen atoms in total. The first kappa shape index (κ1) is 21.0. The van der Waals surface area contributed by atoms with Gasteiger partial charge in [0.15, 0.2) is 11.9 Å². The lowest BCUT2D eigenvalue weighted by Crippen LogP contribution is -2.30. The maximum Gasteiger partial charge on any atom is 0.342 e. The summed E-state index contributed by atoms with van der Waals surface area (Å²) in [5, 5.41) is 7.08. The number of anilines is 1. The first-order chi connectivity index (χ1) is 14.3. The Bertz CT molecular complexity index is 1100. The van der Waals surface area contributed by atoms with Gasteiger partial charge in [0.1, 0.15) is 5.56 Å². The minimum Gasteiger partial charge on any atom is -0.449 e. The van der Waals surface area contributed by atoms with Crippen LogP contribution in [0.2, 0.25) is 0 Å². The van der Waals surface area contributed by atoms with Crippen LogP contribution in [-0.4, -0.2) is 33.5 Å². The number of ether oxygens (including phenoxy) is 1. The van der Waals surface area contributed by atoms with Gasteiger partial charge in [0.05, 0.1) is 22.8 Å². The van der Waals surface area contributed by atoms with Crippen molar-refractivity contribution >= 4 is 23.3 Å². The molecule has 1 aromatic heterocycles. The second-order valence-corrected chi connectivity index (χ2v) is 6.93. The molecule has 0 unspecified atom stereocenters. The predicted octanol–water partition coefficient (Wildman–Crippen LogP) is 3.88. The van der Waals surface area contributed by atoms with Crippen molar-refractivity contribution in [3.63, 3.8) is 0 Å².